The van der Waals surface area contributed by atoms with Gasteiger partial charge in [0.05, 0.1) is 0 Å². The number of amides is 1. The highest BCUT2D eigenvalue weighted by atomic mass is 16.3. The zero-order chi connectivity index (χ0) is 17.2. The van der Waals surface area contributed by atoms with E-state index in [2.05, 4.69) is 14.7 Å². The van der Waals surface area contributed by atoms with E-state index >= 15 is 0 Å². The predicted octanol–water partition coefficient (Wildman–Crippen LogP) is 1.56. The molecule has 0 spiro atoms. The van der Waals surface area contributed by atoms with Crippen LogP contribution in [0.3, 0.4) is 0 Å². The van der Waals surface area contributed by atoms with Crippen molar-refractivity contribution in [1.29, 1.82) is 0 Å². The minimum atomic E-state index is 0.300. The van der Waals surface area contributed by atoms with Crippen molar-refractivity contribution in [2.45, 2.75) is 63.5 Å². The van der Waals surface area contributed by atoms with Crippen LogP contribution < -0.4 is 0 Å². The maximum Gasteiger partial charge on any atom is 0.225 e. The Kier molecular flexibility index (Phi) is 5.63. The lowest BCUT2D eigenvalue weighted by Crippen LogP contribution is -2.58. The summed E-state index contributed by atoms with van der Waals surface area (Å²) in [6, 6.07) is 1.16. The van der Waals surface area contributed by atoms with Crippen LogP contribution in [-0.2, 0) is 4.79 Å². The minimum absolute atomic E-state index is 0.300. The van der Waals surface area contributed by atoms with Crippen molar-refractivity contribution in [3.63, 3.8) is 0 Å². The number of carbonyl (C=O) groups is 1. The molecule has 1 amide bonds. The summed E-state index contributed by atoms with van der Waals surface area (Å²) in [5.41, 5.74) is 0. The van der Waals surface area contributed by atoms with Crippen molar-refractivity contribution in [1.82, 2.24) is 14.7 Å². The first-order valence-electron chi connectivity index (χ1n) is 10.6. The van der Waals surface area contributed by atoms with Gasteiger partial charge in [-0.1, -0.05) is 6.42 Å². The number of hydrogen-bond acceptors (Lipinski definition) is 4. The molecule has 2 heterocycles. The molecule has 4 aliphatic rings. The number of likely N-dealkylation sites (tertiary alicyclic amines) is 1. The highest BCUT2D eigenvalue weighted by molar-refractivity contribution is 5.79. The van der Waals surface area contributed by atoms with Crippen molar-refractivity contribution >= 4 is 5.91 Å². The molecule has 1 atom stereocenters. The molecule has 2 aliphatic carbocycles. The summed E-state index contributed by atoms with van der Waals surface area (Å²) in [6.07, 6.45) is 9.44. The van der Waals surface area contributed by atoms with Crippen LogP contribution >= 0.6 is 0 Å². The lowest BCUT2D eigenvalue weighted by molar-refractivity contribution is -0.140. The Balaban J connectivity index is 1.26. The van der Waals surface area contributed by atoms with E-state index in [1.165, 1.54) is 25.8 Å². The van der Waals surface area contributed by atoms with E-state index in [1.807, 2.05) is 0 Å². The molecule has 25 heavy (non-hydrogen) atoms. The van der Waals surface area contributed by atoms with Crippen molar-refractivity contribution < 1.29 is 9.90 Å². The standard InChI is InChI=1S/C20H35N3O2/c24-13-8-19-15-23(12-11-22(19)14-16-4-5-16)18-6-9-21(10-7-18)20(25)17-2-1-3-17/h16-19,24H,1-15H2. The van der Waals surface area contributed by atoms with Crippen molar-refractivity contribution in [3.8, 4) is 0 Å². The molecule has 5 nitrogen and oxygen atoms in total. The van der Waals surface area contributed by atoms with E-state index < -0.39 is 0 Å². The number of aliphatic hydroxyl groups excluding tert-OH is 1. The lowest BCUT2D eigenvalue weighted by Gasteiger charge is -2.47. The number of aliphatic hydroxyl groups is 1. The van der Waals surface area contributed by atoms with Gasteiger partial charge in [-0.2, -0.15) is 0 Å². The first-order valence-corrected chi connectivity index (χ1v) is 10.6. The molecular formula is C20H35N3O2. The smallest absolute Gasteiger partial charge is 0.225 e. The van der Waals surface area contributed by atoms with Gasteiger partial charge in [0.2, 0.25) is 5.91 Å². The summed E-state index contributed by atoms with van der Waals surface area (Å²) < 4.78 is 0. The molecule has 142 valence electrons. The summed E-state index contributed by atoms with van der Waals surface area (Å²) in [5.74, 6) is 1.70. The quantitative estimate of drug-likeness (QED) is 0.790. The third-order valence-electron chi connectivity index (χ3n) is 7.04. The third-order valence-corrected chi connectivity index (χ3v) is 7.04. The van der Waals surface area contributed by atoms with Crippen LogP contribution in [0.2, 0.25) is 0 Å². The van der Waals surface area contributed by atoms with Crippen LogP contribution in [0.15, 0.2) is 0 Å². The summed E-state index contributed by atoms with van der Waals surface area (Å²) >= 11 is 0. The Labute approximate surface area is 152 Å². The number of piperazine rings is 1. The van der Waals surface area contributed by atoms with Crippen LogP contribution in [0.5, 0.6) is 0 Å². The molecule has 0 aromatic heterocycles. The van der Waals surface area contributed by atoms with Crippen LogP contribution in [-0.4, -0.2) is 83.7 Å². The van der Waals surface area contributed by atoms with E-state index in [0.717, 1.165) is 70.7 Å². The van der Waals surface area contributed by atoms with Gasteiger partial charge in [-0.15, -0.1) is 0 Å². The fraction of sp³-hybridized carbons (Fsp3) is 0.950. The number of carbonyl (C=O) groups excluding carboxylic acids is 1. The van der Waals surface area contributed by atoms with Gasteiger partial charge in [-0.05, 0) is 50.9 Å². The second-order valence-corrected chi connectivity index (χ2v) is 8.78. The van der Waals surface area contributed by atoms with Crippen LogP contribution in [0.25, 0.3) is 0 Å². The Hall–Kier alpha value is -0.650. The second kappa shape index (κ2) is 7.93. The molecule has 1 N–H and O–H groups in total. The molecule has 4 fully saturated rings. The Morgan fingerprint density at radius 3 is 2.32 bits per heavy atom. The van der Waals surface area contributed by atoms with Gasteiger partial charge in [0.1, 0.15) is 0 Å². The van der Waals surface area contributed by atoms with Gasteiger partial charge in [0, 0.05) is 63.9 Å². The Bertz CT molecular complexity index is 456. The van der Waals surface area contributed by atoms with Gasteiger partial charge in [-0.25, -0.2) is 0 Å². The number of hydrogen-bond donors (Lipinski definition) is 1. The first kappa shape index (κ1) is 17.7. The molecule has 1 unspecified atom stereocenters. The SMILES string of the molecule is O=C(C1CCC1)N1CCC(N2CCN(CC3CC3)C(CCO)C2)CC1. The maximum absolute atomic E-state index is 12.4. The Morgan fingerprint density at radius 1 is 0.960 bits per heavy atom. The molecule has 4 rings (SSSR count). The average Bonchev–Trinajstić information content (AvgIpc) is 3.39. The van der Waals surface area contributed by atoms with Gasteiger partial charge < -0.3 is 10.0 Å². The molecule has 2 saturated heterocycles. The average molecular weight is 350 g/mol. The summed E-state index contributed by atoms with van der Waals surface area (Å²) in [5, 5.41) is 9.47. The first-order chi connectivity index (χ1) is 12.2. The fourth-order valence-corrected chi connectivity index (χ4v) is 4.91. The van der Waals surface area contributed by atoms with E-state index in [0.29, 0.717) is 30.5 Å². The molecule has 2 saturated carbocycles. The molecule has 0 bridgehead atoms. The van der Waals surface area contributed by atoms with Crippen LogP contribution in [0.4, 0.5) is 0 Å². The van der Waals surface area contributed by atoms with E-state index in [1.54, 1.807) is 0 Å². The third kappa shape index (κ3) is 4.20. The second-order valence-electron chi connectivity index (χ2n) is 8.78. The summed E-state index contributed by atoms with van der Waals surface area (Å²) in [4.78, 5) is 19.9. The van der Waals surface area contributed by atoms with Crippen molar-refractivity contribution in [2.75, 3.05) is 45.9 Å². The van der Waals surface area contributed by atoms with Gasteiger partial charge in [0.25, 0.3) is 0 Å². The number of piperidine rings is 1. The van der Waals surface area contributed by atoms with Gasteiger partial charge in [0.15, 0.2) is 0 Å². The number of nitrogens with zero attached hydrogens (tertiary/aromatic N) is 3. The van der Waals surface area contributed by atoms with E-state index in [4.69, 9.17) is 0 Å². The fourth-order valence-electron chi connectivity index (χ4n) is 4.91. The van der Waals surface area contributed by atoms with Crippen molar-refractivity contribution in [3.05, 3.63) is 0 Å². The van der Waals surface area contributed by atoms with Gasteiger partial charge in [-0.3, -0.25) is 14.6 Å². The summed E-state index contributed by atoms with van der Waals surface area (Å²) in [7, 11) is 0. The topological polar surface area (TPSA) is 47.0 Å². The Morgan fingerprint density at radius 2 is 1.72 bits per heavy atom. The highest BCUT2D eigenvalue weighted by Crippen LogP contribution is 2.32. The highest BCUT2D eigenvalue weighted by Gasteiger charge is 2.36. The minimum Gasteiger partial charge on any atom is -0.396 e. The molecule has 0 radical (unpaired) electrons. The molecule has 5 heteroatoms. The molecular weight excluding hydrogens is 314 g/mol. The lowest BCUT2D eigenvalue weighted by atomic mass is 9.84. The normalized spacial score (nSPS) is 30.4. The maximum atomic E-state index is 12.4. The zero-order valence-electron chi connectivity index (χ0n) is 15.6. The largest absolute Gasteiger partial charge is 0.396 e. The van der Waals surface area contributed by atoms with Crippen molar-refractivity contribution in [2.24, 2.45) is 11.8 Å². The molecule has 2 aliphatic heterocycles. The monoisotopic (exact) mass is 349 g/mol. The molecule has 0 aromatic rings. The van der Waals surface area contributed by atoms with Crippen LogP contribution in [0, 0.1) is 11.8 Å². The van der Waals surface area contributed by atoms with E-state index in [-0.39, 0.29) is 0 Å². The predicted molar refractivity (Wildman–Crippen MR) is 98.3 cm³/mol. The summed E-state index contributed by atoms with van der Waals surface area (Å²) in [6.45, 7) is 6.87. The molecule has 0 aromatic carbocycles. The number of rotatable bonds is 6. The zero-order valence-corrected chi connectivity index (χ0v) is 15.6. The van der Waals surface area contributed by atoms with E-state index in [9.17, 15) is 9.90 Å². The van der Waals surface area contributed by atoms with Crippen LogP contribution in [0.1, 0.15) is 51.4 Å². The van der Waals surface area contributed by atoms with Gasteiger partial charge >= 0.3 is 0 Å².